The average molecular weight is 353 g/mol. The van der Waals surface area contributed by atoms with E-state index >= 15 is 0 Å². The van der Waals surface area contributed by atoms with E-state index in [4.69, 9.17) is 0 Å². The van der Waals surface area contributed by atoms with Crippen LogP contribution in [0.15, 0.2) is 23.1 Å². The number of carbonyl (C=O) groups excluding carboxylic acids is 1. The molecule has 8 heteroatoms. The number of aromatic nitrogens is 1. The second kappa shape index (κ2) is 6.68. The van der Waals surface area contributed by atoms with E-state index in [2.05, 4.69) is 5.32 Å². The van der Waals surface area contributed by atoms with Crippen LogP contribution in [0.2, 0.25) is 0 Å². The Morgan fingerprint density at radius 1 is 1.25 bits per heavy atom. The van der Waals surface area contributed by atoms with Gasteiger partial charge in [-0.15, -0.1) is 0 Å². The highest BCUT2D eigenvalue weighted by Gasteiger charge is 2.41. The van der Waals surface area contributed by atoms with Crippen LogP contribution in [-0.2, 0) is 17.1 Å². The summed E-state index contributed by atoms with van der Waals surface area (Å²) in [5, 5.41) is 2.64. The van der Waals surface area contributed by atoms with E-state index in [0.29, 0.717) is 19.6 Å². The largest absolute Gasteiger partial charge is 0.352 e. The summed E-state index contributed by atoms with van der Waals surface area (Å²) in [7, 11) is -1.49. The van der Waals surface area contributed by atoms with Crippen LogP contribution < -0.4 is 10.9 Å². The molecule has 0 unspecified atom stereocenters. The minimum absolute atomic E-state index is 0.133. The van der Waals surface area contributed by atoms with E-state index in [9.17, 15) is 18.0 Å². The van der Waals surface area contributed by atoms with Crippen LogP contribution in [0.1, 0.15) is 36.0 Å². The van der Waals surface area contributed by atoms with Gasteiger partial charge in [-0.3, -0.25) is 9.59 Å². The zero-order valence-corrected chi connectivity index (χ0v) is 14.6. The molecule has 2 heterocycles. The van der Waals surface area contributed by atoms with Crippen molar-refractivity contribution in [1.29, 1.82) is 0 Å². The van der Waals surface area contributed by atoms with E-state index < -0.39 is 10.0 Å². The smallest absolute Gasteiger partial charge is 0.263 e. The molecule has 0 atom stereocenters. The highest BCUT2D eigenvalue weighted by molar-refractivity contribution is 7.90. The summed E-state index contributed by atoms with van der Waals surface area (Å²) in [6, 6.07) is 3.18. The van der Waals surface area contributed by atoms with Gasteiger partial charge in [-0.1, -0.05) is 0 Å². The third-order valence-electron chi connectivity index (χ3n) is 4.80. The number of nitrogens with zero attached hydrogens (tertiary/aromatic N) is 2. The van der Waals surface area contributed by atoms with Gasteiger partial charge in [-0.25, -0.2) is 12.7 Å². The van der Waals surface area contributed by atoms with Gasteiger partial charge in [-0.05, 0) is 43.7 Å². The van der Waals surface area contributed by atoms with Crippen LogP contribution in [-0.4, -0.2) is 48.1 Å². The minimum Gasteiger partial charge on any atom is -0.352 e. The molecule has 3 rings (SSSR count). The summed E-state index contributed by atoms with van der Waals surface area (Å²) in [4.78, 5) is 24.1. The predicted octanol–water partition coefficient (Wildman–Crippen LogP) is 0.319. The average Bonchev–Trinajstić information content (AvgIpc) is 3.41. The van der Waals surface area contributed by atoms with Crippen molar-refractivity contribution in [2.75, 3.05) is 19.6 Å². The molecule has 0 aromatic carbocycles. The second-order valence-electron chi connectivity index (χ2n) is 6.63. The SMILES string of the molecule is Cn1cccc(C(=O)NCC2CCN(S(=O)(=O)C3CC3)CC2)c1=O. The number of amides is 1. The molecule has 7 nitrogen and oxygen atoms in total. The fourth-order valence-corrected chi connectivity index (χ4v) is 4.92. The molecule has 1 saturated heterocycles. The zero-order chi connectivity index (χ0) is 17.3. The first-order valence-corrected chi connectivity index (χ1v) is 9.82. The van der Waals surface area contributed by atoms with Crippen LogP contribution in [0.5, 0.6) is 0 Å². The summed E-state index contributed by atoms with van der Waals surface area (Å²) in [5.74, 6) is -0.128. The number of pyridine rings is 1. The molecule has 1 aliphatic carbocycles. The van der Waals surface area contributed by atoms with Gasteiger partial charge in [0.05, 0.1) is 5.25 Å². The number of aryl methyl sites for hydroxylation is 1. The molecule has 0 spiro atoms. The third-order valence-corrected chi connectivity index (χ3v) is 7.20. The molecule has 1 saturated carbocycles. The minimum atomic E-state index is -3.10. The maximum atomic E-state index is 12.2. The second-order valence-corrected chi connectivity index (χ2v) is 8.85. The van der Waals surface area contributed by atoms with Gasteiger partial charge in [0.15, 0.2) is 0 Å². The molecule has 0 bridgehead atoms. The fraction of sp³-hybridized carbons (Fsp3) is 0.625. The Bertz CT molecular complexity index is 775. The summed E-state index contributed by atoms with van der Waals surface area (Å²) in [6.07, 6.45) is 4.64. The predicted molar refractivity (Wildman–Crippen MR) is 90.3 cm³/mol. The Morgan fingerprint density at radius 3 is 2.54 bits per heavy atom. The molecule has 24 heavy (non-hydrogen) atoms. The number of rotatable bonds is 5. The standard InChI is InChI=1S/C16H23N3O4S/c1-18-8-2-3-14(16(18)21)15(20)17-11-12-6-9-19(10-7-12)24(22,23)13-4-5-13/h2-3,8,12-13H,4-7,9-11H2,1H3,(H,17,20). The molecule has 2 fully saturated rings. The molecule has 0 radical (unpaired) electrons. The van der Waals surface area contributed by atoms with E-state index in [1.165, 1.54) is 10.6 Å². The summed E-state index contributed by atoms with van der Waals surface area (Å²) < 4.78 is 27.4. The maximum absolute atomic E-state index is 12.2. The van der Waals surface area contributed by atoms with Crippen molar-refractivity contribution < 1.29 is 13.2 Å². The molecule has 1 aliphatic heterocycles. The molecule has 1 amide bonds. The van der Waals surface area contributed by atoms with E-state index in [1.54, 1.807) is 23.6 Å². The van der Waals surface area contributed by atoms with Crippen molar-refractivity contribution in [3.8, 4) is 0 Å². The number of hydrogen-bond donors (Lipinski definition) is 1. The molecule has 1 N–H and O–H groups in total. The van der Waals surface area contributed by atoms with Gasteiger partial charge in [0, 0.05) is 32.9 Å². The van der Waals surface area contributed by atoms with Gasteiger partial charge in [0.25, 0.3) is 11.5 Å². The maximum Gasteiger partial charge on any atom is 0.263 e. The van der Waals surface area contributed by atoms with Gasteiger partial charge < -0.3 is 9.88 Å². The lowest BCUT2D eigenvalue weighted by Crippen LogP contribution is -2.43. The number of nitrogens with one attached hydrogen (secondary N) is 1. The number of hydrogen-bond acceptors (Lipinski definition) is 4. The lowest BCUT2D eigenvalue weighted by Gasteiger charge is -2.31. The topological polar surface area (TPSA) is 88.5 Å². The number of carbonyl (C=O) groups is 1. The van der Waals surface area contributed by atoms with Crippen LogP contribution in [0.25, 0.3) is 0 Å². The summed E-state index contributed by atoms with van der Waals surface area (Å²) in [5.41, 5.74) is -0.186. The molecule has 2 aliphatic rings. The Labute approximate surface area is 141 Å². The van der Waals surface area contributed by atoms with Crippen LogP contribution in [0.4, 0.5) is 0 Å². The lowest BCUT2D eigenvalue weighted by molar-refractivity contribution is 0.0939. The number of sulfonamides is 1. The van der Waals surface area contributed by atoms with Gasteiger partial charge in [-0.2, -0.15) is 0 Å². The summed E-state index contributed by atoms with van der Waals surface area (Å²) in [6.45, 7) is 1.51. The Balaban J connectivity index is 1.51. The van der Waals surface area contributed by atoms with Crippen molar-refractivity contribution in [3.05, 3.63) is 34.2 Å². The molecule has 1 aromatic heterocycles. The Hall–Kier alpha value is -1.67. The van der Waals surface area contributed by atoms with E-state index in [-0.39, 0.29) is 28.2 Å². The Morgan fingerprint density at radius 2 is 1.92 bits per heavy atom. The molecule has 1 aromatic rings. The monoisotopic (exact) mass is 353 g/mol. The van der Waals surface area contributed by atoms with Gasteiger partial charge >= 0.3 is 0 Å². The van der Waals surface area contributed by atoms with Crippen molar-refractivity contribution >= 4 is 15.9 Å². The molecular formula is C16H23N3O4S. The Kier molecular flexibility index (Phi) is 4.78. The normalized spacial score (nSPS) is 20.0. The van der Waals surface area contributed by atoms with E-state index in [1.807, 2.05) is 0 Å². The van der Waals surface area contributed by atoms with Crippen LogP contribution in [0.3, 0.4) is 0 Å². The van der Waals surface area contributed by atoms with Crippen molar-refractivity contribution in [1.82, 2.24) is 14.2 Å². The first-order valence-electron chi connectivity index (χ1n) is 8.32. The number of piperidine rings is 1. The van der Waals surface area contributed by atoms with Crippen LogP contribution >= 0.6 is 0 Å². The first kappa shape index (κ1) is 17.2. The van der Waals surface area contributed by atoms with Crippen molar-refractivity contribution in [2.45, 2.75) is 30.9 Å². The van der Waals surface area contributed by atoms with Crippen molar-refractivity contribution in [2.24, 2.45) is 13.0 Å². The lowest BCUT2D eigenvalue weighted by atomic mass is 9.98. The highest BCUT2D eigenvalue weighted by Crippen LogP contribution is 2.32. The first-order chi connectivity index (χ1) is 11.4. The van der Waals surface area contributed by atoms with Gasteiger partial charge in [0.1, 0.15) is 5.56 Å². The highest BCUT2D eigenvalue weighted by atomic mass is 32.2. The van der Waals surface area contributed by atoms with Crippen molar-refractivity contribution in [3.63, 3.8) is 0 Å². The molecule has 132 valence electrons. The van der Waals surface area contributed by atoms with Gasteiger partial charge in [0.2, 0.25) is 10.0 Å². The molecular weight excluding hydrogens is 330 g/mol. The zero-order valence-electron chi connectivity index (χ0n) is 13.8. The quantitative estimate of drug-likeness (QED) is 0.826. The third kappa shape index (κ3) is 3.54. The van der Waals surface area contributed by atoms with E-state index in [0.717, 1.165) is 25.7 Å². The summed E-state index contributed by atoms with van der Waals surface area (Å²) >= 11 is 0. The van der Waals surface area contributed by atoms with Crippen LogP contribution in [0, 0.1) is 5.92 Å². The fourth-order valence-electron chi connectivity index (χ4n) is 3.05.